The maximum atomic E-state index is 12.0. The van der Waals surface area contributed by atoms with E-state index in [1.165, 1.54) is 0 Å². The summed E-state index contributed by atoms with van der Waals surface area (Å²) in [4.78, 5) is 24.0. The van der Waals surface area contributed by atoms with E-state index in [9.17, 15) is 9.59 Å². The molecule has 0 heterocycles. The standard InChI is InChI=1S/C20H20N2O4/c1-2-12-21-20(24)17-10-6-7-11-18(17)22-19(23)15-25-13-14-26-16-8-4-3-5-9-16/h1,3-11H,12-15H2,(H,21,24)(H,22,23). The number of hydrogen-bond donors (Lipinski definition) is 2. The molecule has 2 aromatic carbocycles. The largest absolute Gasteiger partial charge is 0.491 e. The van der Waals surface area contributed by atoms with E-state index in [0.717, 1.165) is 5.75 Å². The van der Waals surface area contributed by atoms with Gasteiger partial charge in [-0.05, 0) is 24.3 Å². The zero-order valence-corrected chi connectivity index (χ0v) is 14.2. The Morgan fingerprint density at radius 2 is 1.73 bits per heavy atom. The summed E-state index contributed by atoms with van der Waals surface area (Å²) >= 11 is 0. The van der Waals surface area contributed by atoms with Gasteiger partial charge in [-0.15, -0.1) is 6.42 Å². The van der Waals surface area contributed by atoms with Gasteiger partial charge in [0, 0.05) is 0 Å². The molecule has 2 amide bonds. The molecule has 0 fully saturated rings. The van der Waals surface area contributed by atoms with Crippen LogP contribution in [0.25, 0.3) is 0 Å². The van der Waals surface area contributed by atoms with Crippen LogP contribution >= 0.6 is 0 Å². The van der Waals surface area contributed by atoms with Crippen molar-refractivity contribution in [3.05, 3.63) is 60.2 Å². The lowest BCUT2D eigenvalue weighted by atomic mass is 10.1. The Morgan fingerprint density at radius 3 is 2.50 bits per heavy atom. The lowest BCUT2D eigenvalue weighted by molar-refractivity contribution is -0.120. The second-order valence-electron chi connectivity index (χ2n) is 5.19. The highest BCUT2D eigenvalue weighted by molar-refractivity contribution is 6.04. The number of terminal acetylenes is 1. The van der Waals surface area contributed by atoms with Gasteiger partial charge in [-0.2, -0.15) is 0 Å². The molecule has 0 atom stereocenters. The molecule has 0 bridgehead atoms. The van der Waals surface area contributed by atoms with Crippen LogP contribution in [0.5, 0.6) is 5.75 Å². The minimum atomic E-state index is -0.359. The van der Waals surface area contributed by atoms with Crippen molar-refractivity contribution >= 4 is 17.5 Å². The molecule has 0 unspecified atom stereocenters. The molecule has 6 heteroatoms. The van der Waals surface area contributed by atoms with Gasteiger partial charge in [0.25, 0.3) is 5.91 Å². The highest BCUT2D eigenvalue weighted by Crippen LogP contribution is 2.14. The van der Waals surface area contributed by atoms with Gasteiger partial charge in [0.1, 0.15) is 19.0 Å². The minimum Gasteiger partial charge on any atom is -0.491 e. The van der Waals surface area contributed by atoms with Crippen molar-refractivity contribution in [2.75, 3.05) is 31.7 Å². The number of rotatable bonds is 9. The van der Waals surface area contributed by atoms with Crippen molar-refractivity contribution in [3.63, 3.8) is 0 Å². The Morgan fingerprint density at radius 1 is 1.00 bits per heavy atom. The van der Waals surface area contributed by atoms with E-state index < -0.39 is 0 Å². The summed E-state index contributed by atoms with van der Waals surface area (Å²) in [6, 6.07) is 16.0. The first-order valence-electron chi connectivity index (χ1n) is 8.07. The molecular weight excluding hydrogens is 332 g/mol. The summed E-state index contributed by atoms with van der Waals surface area (Å²) in [7, 11) is 0. The second kappa shape index (κ2) is 10.5. The summed E-state index contributed by atoms with van der Waals surface area (Å²) in [5, 5.41) is 5.22. The van der Waals surface area contributed by atoms with E-state index in [-0.39, 0.29) is 31.6 Å². The summed E-state index contributed by atoms with van der Waals surface area (Å²) in [6.45, 7) is 0.582. The van der Waals surface area contributed by atoms with E-state index in [2.05, 4.69) is 16.6 Å². The van der Waals surface area contributed by atoms with Gasteiger partial charge in [-0.1, -0.05) is 36.3 Å². The first-order chi connectivity index (χ1) is 12.7. The van der Waals surface area contributed by atoms with Gasteiger partial charge in [0.2, 0.25) is 5.91 Å². The molecule has 134 valence electrons. The number of ether oxygens (including phenoxy) is 2. The molecule has 2 N–H and O–H groups in total. The molecule has 0 spiro atoms. The van der Waals surface area contributed by atoms with E-state index in [0.29, 0.717) is 17.9 Å². The molecule has 0 saturated carbocycles. The Balaban J connectivity index is 1.75. The summed E-state index contributed by atoms with van der Waals surface area (Å²) in [5.74, 6) is 2.36. The topological polar surface area (TPSA) is 76.7 Å². The van der Waals surface area contributed by atoms with E-state index in [1.807, 2.05) is 30.3 Å². The van der Waals surface area contributed by atoms with Crippen LogP contribution in [0.1, 0.15) is 10.4 Å². The molecule has 0 radical (unpaired) electrons. The summed E-state index contributed by atoms with van der Waals surface area (Å²) < 4.78 is 10.8. The highest BCUT2D eigenvalue weighted by atomic mass is 16.5. The van der Waals surface area contributed by atoms with Gasteiger partial charge < -0.3 is 20.1 Å². The maximum Gasteiger partial charge on any atom is 0.254 e. The smallest absolute Gasteiger partial charge is 0.254 e. The number of anilines is 1. The van der Waals surface area contributed by atoms with Crippen molar-refractivity contribution in [2.45, 2.75) is 0 Å². The van der Waals surface area contributed by atoms with E-state index in [1.54, 1.807) is 24.3 Å². The predicted octanol–water partition coefficient (Wildman–Crippen LogP) is 2.08. The van der Waals surface area contributed by atoms with Crippen LogP contribution in [-0.2, 0) is 9.53 Å². The average molecular weight is 352 g/mol. The zero-order chi connectivity index (χ0) is 18.6. The second-order valence-corrected chi connectivity index (χ2v) is 5.19. The van der Waals surface area contributed by atoms with Gasteiger partial charge >= 0.3 is 0 Å². The molecule has 6 nitrogen and oxygen atoms in total. The third-order valence-electron chi connectivity index (χ3n) is 3.27. The van der Waals surface area contributed by atoms with Crippen molar-refractivity contribution in [1.29, 1.82) is 0 Å². The minimum absolute atomic E-state index is 0.117. The lowest BCUT2D eigenvalue weighted by Crippen LogP contribution is -2.26. The normalized spacial score (nSPS) is 9.81. The molecule has 0 aromatic heterocycles. The molecule has 0 aliphatic carbocycles. The number of amides is 2. The Hall–Kier alpha value is -3.30. The lowest BCUT2D eigenvalue weighted by Gasteiger charge is -2.11. The Kier molecular flexibility index (Phi) is 7.72. The van der Waals surface area contributed by atoms with Crippen LogP contribution in [0.2, 0.25) is 0 Å². The molecule has 2 rings (SSSR count). The van der Waals surface area contributed by atoms with E-state index >= 15 is 0 Å². The number of hydrogen-bond acceptors (Lipinski definition) is 4. The predicted molar refractivity (Wildman–Crippen MR) is 99.0 cm³/mol. The average Bonchev–Trinajstić information content (AvgIpc) is 2.67. The number of carbonyl (C=O) groups is 2. The quantitative estimate of drug-likeness (QED) is 0.535. The molecule has 0 aliphatic heterocycles. The monoisotopic (exact) mass is 352 g/mol. The van der Waals surface area contributed by atoms with Crippen LogP contribution in [0.15, 0.2) is 54.6 Å². The van der Waals surface area contributed by atoms with Gasteiger partial charge in [0.15, 0.2) is 0 Å². The van der Waals surface area contributed by atoms with Gasteiger partial charge in [-0.3, -0.25) is 9.59 Å². The van der Waals surface area contributed by atoms with Crippen LogP contribution in [0, 0.1) is 12.3 Å². The number of benzene rings is 2. The van der Waals surface area contributed by atoms with Crippen LogP contribution in [0.3, 0.4) is 0 Å². The third kappa shape index (κ3) is 6.30. The number of para-hydroxylation sites is 2. The first-order valence-corrected chi connectivity index (χ1v) is 8.07. The van der Waals surface area contributed by atoms with Crippen LogP contribution < -0.4 is 15.4 Å². The number of nitrogens with one attached hydrogen (secondary N) is 2. The fraction of sp³-hybridized carbons (Fsp3) is 0.200. The molecule has 2 aromatic rings. The molecule has 26 heavy (non-hydrogen) atoms. The molecule has 0 aliphatic rings. The van der Waals surface area contributed by atoms with Crippen molar-refractivity contribution in [2.24, 2.45) is 0 Å². The van der Waals surface area contributed by atoms with Gasteiger partial charge in [0.05, 0.1) is 24.4 Å². The first kappa shape index (κ1) is 19.0. The Labute approximate surface area is 152 Å². The van der Waals surface area contributed by atoms with Crippen molar-refractivity contribution < 1.29 is 19.1 Å². The SMILES string of the molecule is C#CCNC(=O)c1ccccc1NC(=O)COCCOc1ccccc1. The fourth-order valence-electron chi connectivity index (χ4n) is 2.10. The Bertz CT molecular complexity index is 769. The molecular formula is C20H20N2O4. The zero-order valence-electron chi connectivity index (χ0n) is 14.2. The van der Waals surface area contributed by atoms with Gasteiger partial charge in [-0.25, -0.2) is 0 Å². The molecule has 0 saturated heterocycles. The maximum absolute atomic E-state index is 12.0. The summed E-state index contributed by atoms with van der Waals surface area (Å²) in [6.07, 6.45) is 5.13. The van der Waals surface area contributed by atoms with Crippen LogP contribution in [0.4, 0.5) is 5.69 Å². The van der Waals surface area contributed by atoms with Crippen molar-refractivity contribution in [3.8, 4) is 18.1 Å². The highest BCUT2D eigenvalue weighted by Gasteiger charge is 2.12. The fourth-order valence-corrected chi connectivity index (χ4v) is 2.10. The third-order valence-corrected chi connectivity index (χ3v) is 3.27. The number of carbonyl (C=O) groups excluding carboxylic acids is 2. The van der Waals surface area contributed by atoms with Crippen LogP contribution in [-0.4, -0.2) is 38.2 Å². The van der Waals surface area contributed by atoms with E-state index in [4.69, 9.17) is 15.9 Å². The van der Waals surface area contributed by atoms with Crippen molar-refractivity contribution in [1.82, 2.24) is 5.32 Å². The summed E-state index contributed by atoms with van der Waals surface area (Å²) in [5.41, 5.74) is 0.736.